The molecule has 5 nitrogen and oxygen atoms in total. The highest BCUT2D eigenvalue weighted by Crippen LogP contribution is 2.15. The molecule has 0 aromatic heterocycles. The maximum Gasteiger partial charge on any atom is 0.270 e. The predicted molar refractivity (Wildman–Crippen MR) is 76.8 cm³/mol. The number of rotatable bonds is 4. The average molecular weight is 268 g/mol. The molecule has 0 saturated heterocycles. The summed E-state index contributed by atoms with van der Waals surface area (Å²) in [7, 11) is 0. The van der Waals surface area contributed by atoms with E-state index >= 15 is 0 Å². The zero-order valence-electron chi connectivity index (χ0n) is 10.8. The zero-order valence-corrected chi connectivity index (χ0v) is 10.8. The van der Waals surface area contributed by atoms with Crippen molar-refractivity contribution in [2.75, 3.05) is 0 Å². The van der Waals surface area contributed by atoms with Crippen LogP contribution in [-0.2, 0) is 0 Å². The lowest BCUT2D eigenvalue weighted by molar-refractivity contribution is -0.384. The van der Waals surface area contributed by atoms with Gasteiger partial charge in [-0.2, -0.15) is 0 Å². The van der Waals surface area contributed by atoms with Crippen LogP contribution < -0.4 is 0 Å². The van der Waals surface area contributed by atoms with Gasteiger partial charge in [0.1, 0.15) is 0 Å². The summed E-state index contributed by atoms with van der Waals surface area (Å²) in [5.41, 5.74) is 1.98. The summed E-state index contributed by atoms with van der Waals surface area (Å²) < 4.78 is 0. The minimum atomic E-state index is -0.445. The number of aliphatic imine (C=N–C) groups is 1. The Morgan fingerprint density at radius 1 is 1.20 bits per heavy atom. The highest BCUT2D eigenvalue weighted by Gasteiger charge is 2.04. The van der Waals surface area contributed by atoms with Gasteiger partial charge in [-0.1, -0.05) is 12.1 Å². The van der Waals surface area contributed by atoms with Crippen molar-refractivity contribution < 1.29 is 9.72 Å². The van der Waals surface area contributed by atoms with Gasteiger partial charge in [0, 0.05) is 23.9 Å². The lowest BCUT2D eigenvalue weighted by Gasteiger charge is -1.97. The van der Waals surface area contributed by atoms with Gasteiger partial charge in [-0.05, 0) is 36.8 Å². The van der Waals surface area contributed by atoms with Crippen molar-refractivity contribution in [1.82, 2.24) is 0 Å². The molecule has 0 aliphatic rings. The molecule has 0 unspecified atom stereocenters. The van der Waals surface area contributed by atoms with Crippen LogP contribution in [0.15, 0.2) is 53.5 Å². The molecule has 20 heavy (non-hydrogen) atoms. The predicted octanol–water partition coefficient (Wildman–Crippen LogP) is 3.55. The highest BCUT2D eigenvalue weighted by atomic mass is 16.6. The maximum atomic E-state index is 11.1. The van der Waals surface area contributed by atoms with E-state index in [1.165, 1.54) is 19.1 Å². The van der Waals surface area contributed by atoms with Gasteiger partial charge < -0.3 is 0 Å². The Balaban J connectivity index is 2.18. The Kier molecular flexibility index (Phi) is 4.00. The third kappa shape index (κ3) is 3.35. The van der Waals surface area contributed by atoms with Gasteiger partial charge in [-0.15, -0.1) is 0 Å². The molecule has 0 radical (unpaired) electrons. The van der Waals surface area contributed by atoms with Gasteiger partial charge in [-0.3, -0.25) is 19.9 Å². The third-order valence-electron chi connectivity index (χ3n) is 2.72. The van der Waals surface area contributed by atoms with E-state index in [-0.39, 0.29) is 11.5 Å². The number of carbonyl (C=O) groups excluding carboxylic acids is 1. The largest absolute Gasteiger partial charge is 0.295 e. The summed E-state index contributed by atoms with van der Waals surface area (Å²) >= 11 is 0. The fourth-order valence-corrected chi connectivity index (χ4v) is 1.65. The number of non-ortho nitro benzene ring substituents is 1. The first-order valence-electron chi connectivity index (χ1n) is 5.96. The topological polar surface area (TPSA) is 72.6 Å². The summed E-state index contributed by atoms with van der Waals surface area (Å²) in [5, 5.41) is 10.7. The van der Waals surface area contributed by atoms with Crippen LogP contribution in [0.1, 0.15) is 22.8 Å². The second-order valence-electron chi connectivity index (χ2n) is 4.21. The normalized spacial score (nSPS) is 10.7. The zero-order chi connectivity index (χ0) is 14.5. The van der Waals surface area contributed by atoms with Gasteiger partial charge >= 0.3 is 0 Å². The molecule has 2 aromatic carbocycles. The lowest BCUT2D eigenvalue weighted by Crippen LogP contribution is -1.90. The second kappa shape index (κ2) is 5.88. The first-order valence-corrected chi connectivity index (χ1v) is 5.96. The monoisotopic (exact) mass is 268 g/mol. The molecule has 0 fully saturated rings. The Morgan fingerprint density at radius 2 is 1.90 bits per heavy atom. The fraction of sp³-hybridized carbons (Fsp3) is 0.0667. The molecule has 0 saturated carbocycles. The number of nitrogens with zero attached hydrogens (tertiary/aromatic N) is 2. The molecule has 100 valence electrons. The van der Waals surface area contributed by atoms with E-state index in [4.69, 9.17) is 0 Å². The van der Waals surface area contributed by atoms with E-state index < -0.39 is 4.92 Å². The van der Waals surface area contributed by atoms with Crippen molar-refractivity contribution in [2.45, 2.75) is 6.92 Å². The molecule has 0 aliphatic heterocycles. The molecule has 0 aliphatic carbocycles. The summed E-state index contributed by atoms with van der Waals surface area (Å²) in [6.45, 7) is 1.50. The van der Waals surface area contributed by atoms with Gasteiger partial charge in [0.2, 0.25) is 0 Å². The number of benzene rings is 2. The van der Waals surface area contributed by atoms with Crippen molar-refractivity contribution in [3.8, 4) is 0 Å². The SMILES string of the molecule is CC(=O)c1ccc(N=Cc2cccc([N+](=O)[O-])c2)cc1. The molecule has 0 N–H and O–H groups in total. The Bertz CT molecular complexity index is 676. The number of nitro benzene ring substituents is 1. The Labute approximate surface area is 115 Å². The molecular formula is C15H12N2O3. The second-order valence-corrected chi connectivity index (χ2v) is 4.21. The van der Waals surface area contributed by atoms with Crippen LogP contribution in [0.4, 0.5) is 11.4 Å². The van der Waals surface area contributed by atoms with Crippen molar-refractivity contribution in [2.24, 2.45) is 4.99 Å². The number of carbonyl (C=O) groups is 1. The van der Waals surface area contributed by atoms with Crippen LogP contribution >= 0.6 is 0 Å². The van der Waals surface area contributed by atoms with Crippen LogP contribution in [0.3, 0.4) is 0 Å². The highest BCUT2D eigenvalue weighted by molar-refractivity contribution is 5.94. The first kappa shape index (κ1) is 13.6. The van der Waals surface area contributed by atoms with Crippen LogP contribution in [0.25, 0.3) is 0 Å². The van der Waals surface area contributed by atoms with Crippen LogP contribution in [0.5, 0.6) is 0 Å². The average Bonchev–Trinajstić information content (AvgIpc) is 2.46. The van der Waals surface area contributed by atoms with Gasteiger partial charge in [0.25, 0.3) is 5.69 Å². The summed E-state index contributed by atoms with van der Waals surface area (Å²) in [6, 6.07) is 13.1. The fourth-order valence-electron chi connectivity index (χ4n) is 1.65. The Morgan fingerprint density at radius 3 is 2.50 bits per heavy atom. The van der Waals surface area contributed by atoms with E-state index in [2.05, 4.69) is 4.99 Å². The summed E-state index contributed by atoms with van der Waals surface area (Å²) in [5.74, 6) is -0.000728. The van der Waals surface area contributed by atoms with E-state index in [0.717, 1.165) is 0 Å². The number of hydrogen-bond acceptors (Lipinski definition) is 4. The van der Waals surface area contributed by atoms with Gasteiger partial charge in [0.05, 0.1) is 10.6 Å². The molecule has 0 amide bonds. The number of hydrogen-bond donors (Lipinski definition) is 0. The first-order chi connectivity index (χ1) is 9.56. The van der Waals surface area contributed by atoms with Crippen molar-refractivity contribution in [1.29, 1.82) is 0 Å². The molecule has 0 heterocycles. The molecule has 0 spiro atoms. The van der Waals surface area contributed by atoms with E-state index in [1.807, 2.05) is 0 Å². The molecule has 5 heteroatoms. The molecule has 2 rings (SSSR count). The van der Waals surface area contributed by atoms with Crippen molar-refractivity contribution >= 4 is 23.4 Å². The van der Waals surface area contributed by atoms with E-state index in [1.54, 1.807) is 42.6 Å². The smallest absolute Gasteiger partial charge is 0.270 e. The number of nitro groups is 1. The minimum absolute atomic E-state index is 0.000728. The maximum absolute atomic E-state index is 11.1. The molecule has 2 aromatic rings. The van der Waals surface area contributed by atoms with Crippen LogP contribution in [0.2, 0.25) is 0 Å². The number of Topliss-reactive ketones (excluding diaryl/α,β-unsaturated/α-hetero) is 1. The quantitative estimate of drug-likeness (QED) is 0.368. The number of ketones is 1. The van der Waals surface area contributed by atoms with Crippen LogP contribution in [0, 0.1) is 10.1 Å². The lowest BCUT2D eigenvalue weighted by atomic mass is 10.1. The molecule has 0 atom stereocenters. The standard InChI is InChI=1S/C15H12N2O3/c1-11(18)13-5-7-14(8-6-13)16-10-12-3-2-4-15(9-12)17(19)20/h2-10H,1H3. The molecule has 0 bridgehead atoms. The van der Waals surface area contributed by atoms with Gasteiger partial charge in [-0.25, -0.2) is 0 Å². The van der Waals surface area contributed by atoms with Crippen molar-refractivity contribution in [3.05, 3.63) is 69.8 Å². The van der Waals surface area contributed by atoms with Crippen LogP contribution in [-0.4, -0.2) is 16.9 Å². The van der Waals surface area contributed by atoms with Crippen molar-refractivity contribution in [3.63, 3.8) is 0 Å². The molecular weight excluding hydrogens is 256 g/mol. The summed E-state index contributed by atoms with van der Waals surface area (Å²) in [6.07, 6.45) is 1.55. The van der Waals surface area contributed by atoms with Gasteiger partial charge in [0.15, 0.2) is 5.78 Å². The van der Waals surface area contributed by atoms with E-state index in [9.17, 15) is 14.9 Å². The Hall–Kier alpha value is -2.82. The van der Waals surface area contributed by atoms with E-state index in [0.29, 0.717) is 16.8 Å². The minimum Gasteiger partial charge on any atom is -0.295 e. The summed E-state index contributed by atoms with van der Waals surface area (Å²) in [4.78, 5) is 25.6. The third-order valence-corrected chi connectivity index (χ3v) is 2.72.